The van der Waals surface area contributed by atoms with Gasteiger partial charge in [0.2, 0.25) is 0 Å². The molecule has 2 aromatic rings. The van der Waals surface area contributed by atoms with Gasteiger partial charge in [0.15, 0.2) is 6.10 Å². The standard InChI is InChI=1S/C16H16FNO2/c1-11-5-3-7-14(9-11)18-16(19)12(2)20-15-8-4-6-13(17)10-15/h3-10,12H,1-2H3,(H,18,19). The highest BCUT2D eigenvalue weighted by molar-refractivity contribution is 5.94. The summed E-state index contributed by atoms with van der Waals surface area (Å²) in [5.41, 5.74) is 1.77. The average Bonchev–Trinajstić information content (AvgIpc) is 2.38. The minimum absolute atomic E-state index is 0.278. The molecule has 1 atom stereocenters. The number of nitrogens with one attached hydrogen (secondary N) is 1. The van der Waals surface area contributed by atoms with Gasteiger partial charge in [0, 0.05) is 11.8 Å². The van der Waals surface area contributed by atoms with E-state index in [4.69, 9.17) is 4.74 Å². The Labute approximate surface area is 117 Å². The average molecular weight is 273 g/mol. The topological polar surface area (TPSA) is 38.3 Å². The van der Waals surface area contributed by atoms with Crippen LogP contribution < -0.4 is 10.1 Å². The van der Waals surface area contributed by atoms with Crippen LogP contribution >= 0.6 is 0 Å². The number of hydrogen-bond acceptors (Lipinski definition) is 2. The lowest BCUT2D eigenvalue weighted by molar-refractivity contribution is -0.122. The first-order valence-electron chi connectivity index (χ1n) is 6.34. The van der Waals surface area contributed by atoms with Crippen LogP contribution in [0.25, 0.3) is 0 Å². The second-order valence-electron chi connectivity index (χ2n) is 4.58. The zero-order valence-electron chi connectivity index (χ0n) is 11.4. The minimum atomic E-state index is -0.711. The van der Waals surface area contributed by atoms with Crippen molar-refractivity contribution in [3.05, 3.63) is 59.9 Å². The first-order chi connectivity index (χ1) is 9.54. The van der Waals surface area contributed by atoms with E-state index in [2.05, 4.69) is 5.32 Å². The molecule has 1 amide bonds. The summed E-state index contributed by atoms with van der Waals surface area (Å²) < 4.78 is 18.4. The molecule has 0 aliphatic carbocycles. The summed E-state index contributed by atoms with van der Waals surface area (Å²) in [5, 5.41) is 2.76. The second-order valence-corrected chi connectivity index (χ2v) is 4.58. The zero-order chi connectivity index (χ0) is 14.5. The van der Waals surface area contributed by atoms with Crippen molar-refractivity contribution >= 4 is 11.6 Å². The van der Waals surface area contributed by atoms with E-state index in [1.54, 1.807) is 19.1 Å². The molecule has 1 N–H and O–H groups in total. The van der Waals surface area contributed by atoms with E-state index in [1.807, 2.05) is 25.1 Å². The highest BCUT2D eigenvalue weighted by atomic mass is 19.1. The summed E-state index contributed by atoms with van der Waals surface area (Å²) in [4.78, 5) is 12.0. The number of ether oxygens (including phenoxy) is 1. The molecular formula is C16H16FNO2. The molecule has 0 fully saturated rings. The molecule has 4 heteroatoms. The highest BCUT2D eigenvalue weighted by Gasteiger charge is 2.15. The molecule has 0 spiro atoms. The molecule has 1 unspecified atom stereocenters. The van der Waals surface area contributed by atoms with Gasteiger partial charge in [-0.25, -0.2) is 4.39 Å². The summed E-state index contributed by atoms with van der Waals surface area (Å²) >= 11 is 0. The maximum Gasteiger partial charge on any atom is 0.265 e. The van der Waals surface area contributed by atoms with Crippen molar-refractivity contribution in [3.63, 3.8) is 0 Å². The van der Waals surface area contributed by atoms with Gasteiger partial charge in [-0.05, 0) is 43.7 Å². The SMILES string of the molecule is Cc1cccc(NC(=O)C(C)Oc2cccc(F)c2)c1. The van der Waals surface area contributed by atoms with Gasteiger partial charge in [0.25, 0.3) is 5.91 Å². The first-order valence-corrected chi connectivity index (χ1v) is 6.34. The number of benzene rings is 2. The Balaban J connectivity index is 1.98. The summed E-state index contributed by atoms with van der Waals surface area (Å²) in [6.45, 7) is 3.57. The summed E-state index contributed by atoms with van der Waals surface area (Å²) in [7, 11) is 0. The van der Waals surface area contributed by atoms with Crippen molar-refractivity contribution in [2.45, 2.75) is 20.0 Å². The van der Waals surface area contributed by atoms with Crippen LogP contribution in [0.15, 0.2) is 48.5 Å². The van der Waals surface area contributed by atoms with E-state index in [1.165, 1.54) is 18.2 Å². The molecule has 0 aliphatic heterocycles. The van der Waals surface area contributed by atoms with Gasteiger partial charge in [-0.1, -0.05) is 18.2 Å². The Morgan fingerprint density at radius 2 is 1.95 bits per heavy atom. The second kappa shape index (κ2) is 6.19. The van der Waals surface area contributed by atoms with Gasteiger partial charge < -0.3 is 10.1 Å². The van der Waals surface area contributed by atoms with Gasteiger partial charge in [-0.3, -0.25) is 4.79 Å². The Kier molecular flexibility index (Phi) is 4.35. The van der Waals surface area contributed by atoms with E-state index >= 15 is 0 Å². The van der Waals surface area contributed by atoms with Crippen LogP contribution in [0.3, 0.4) is 0 Å². The van der Waals surface area contributed by atoms with E-state index in [0.717, 1.165) is 5.56 Å². The molecule has 3 nitrogen and oxygen atoms in total. The molecule has 0 saturated heterocycles. The van der Waals surface area contributed by atoms with Crippen molar-refractivity contribution in [2.24, 2.45) is 0 Å². The third kappa shape index (κ3) is 3.82. The van der Waals surface area contributed by atoms with E-state index in [-0.39, 0.29) is 5.91 Å². The molecule has 2 aromatic carbocycles. The van der Waals surface area contributed by atoms with Crippen LogP contribution in [-0.2, 0) is 4.79 Å². The van der Waals surface area contributed by atoms with Gasteiger partial charge in [0.1, 0.15) is 11.6 Å². The quantitative estimate of drug-likeness (QED) is 0.925. The molecule has 0 radical (unpaired) electrons. The molecular weight excluding hydrogens is 257 g/mol. The van der Waals surface area contributed by atoms with Gasteiger partial charge in [-0.15, -0.1) is 0 Å². The van der Waals surface area contributed by atoms with Crippen LogP contribution in [-0.4, -0.2) is 12.0 Å². The Hall–Kier alpha value is -2.36. The molecule has 20 heavy (non-hydrogen) atoms. The monoisotopic (exact) mass is 273 g/mol. The predicted octanol–water partition coefficient (Wildman–Crippen LogP) is 3.54. The molecule has 0 saturated carbocycles. The lowest BCUT2D eigenvalue weighted by Gasteiger charge is -2.15. The minimum Gasteiger partial charge on any atom is -0.481 e. The number of halogens is 1. The fourth-order valence-electron chi connectivity index (χ4n) is 1.76. The van der Waals surface area contributed by atoms with Gasteiger partial charge in [0.05, 0.1) is 0 Å². The van der Waals surface area contributed by atoms with Crippen LogP contribution in [0.5, 0.6) is 5.75 Å². The van der Waals surface area contributed by atoms with Crippen molar-refractivity contribution in [1.29, 1.82) is 0 Å². The number of hydrogen-bond donors (Lipinski definition) is 1. The summed E-state index contributed by atoms with van der Waals surface area (Å²) in [5.74, 6) is -0.342. The molecule has 2 rings (SSSR count). The third-order valence-corrected chi connectivity index (χ3v) is 2.76. The van der Waals surface area contributed by atoms with E-state index in [9.17, 15) is 9.18 Å². The van der Waals surface area contributed by atoms with Crippen molar-refractivity contribution < 1.29 is 13.9 Å². The van der Waals surface area contributed by atoms with Crippen molar-refractivity contribution in [1.82, 2.24) is 0 Å². The predicted molar refractivity (Wildman–Crippen MR) is 76.3 cm³/mol. The molecule has 104 valence electrons. The van der Waals surface area contributed by atoms with Crippen LogP contribution in [0.2, 0.25) is 0 Å². The normalized spacial score (nSPS) is 11.8. The Morgan fingerprint density at radius 1 is 1.20 bits per heavy atom. The number of aryl methyl sites for hydroxylation is 1. The smallest absolute Gasteiger partial charge is 0.265 e. The van der Waals surface area contributed by atoms with E-state index < -0.39 is 11.9 Å². The summed E-state index contributed by atoms with van der Waals surface area (Å²) in [6.07, 6.45) is -0.711. The Morgan fingerprint density at radius 3 is 2.65 bits per heavy atom. The lowest BCUT2D eigenvalue weighted by Crippen LogP contribution is -2.30. The first kappa shape index (κ1) is 14.1. The van der Waals surface area contributed by atoms with Crippen LogP contribution in [0.1, 0.15) is 12.5 Å². The molecule has 0 aromatic heterocycles. The zero-order valence-corrected chi connectivity index (χ0v) is 11.4. The fraction of sp³-hybridized carbons (Fsp3) is 0.188. The number of anilines is 1. The largest absolute Gasteiger partial charge is 0.481 e. The highest BCUT2D eigenvalue weighted by Crippen LogP contribution is 2.15. The number of carbonyl (C=O) groups is 1. The van der Waals surface area contributed by atoms with Crippen LogP contribution in [0.4, 0.5) is 10.1 Å². The van der Waals surface area contributed by atoms with Gasteiger partial charge >= 0.3 is 0 Å². The van der Waals surface area contributed by atoms with E-state index in [0.29, 0.717) is 11.4 Å². The van der Waals surface area contributed by atoms with Crippen LogP contribution in [0, 0.1) is 12.7 Å². The van der Waals surface area contributed by atoms with Crippen molar-refractivity contribution in [3.8, 4) is 5.75 Å². The molecule has 0 heterocycles. The molecule has 0 aliphatic rings. The fourth-order valence-corrected chi connectivity index (χ4v) is 1.76. The number of rotatable bonds is 4. The Bertz CT molecular complexity index is 613. The maximum absolute atomic E-state index is 13.0. The summed E-state index contributed by atoms with van der Waals surface area (Å²) in [6, 6.07) is 13.2. The molecule has 0 bridgehead atoms. The third-order valence-electron chi connectivity index (χ3n) is 2.76. The van der Waals surface area contributed by atoms with Crippen molar-refractivity contribution in [2.75, 3.05) is 5.32 Å². The number of amides is 1. The lowest BCUT2D eigenvalue weighted by atomic mass is 10.2. The van der Waals surface area contributed by atoms with Gasteiger partial charge in [-0.2, -0.15) is 0 Å². The number of carbonyl (C=O) groups excluding carboxylic acids is 1. The maximum atomic E-state index is 13.0.